The van der Waals surface area contributed by atoms with Crippen molar-refractivity contribution in [2.75, 3.05) is 26.7 Å². The highest BCUT2D eigenvalue weighted by atomic mass is 127. The first kappa shape index (κ1) is 25.2. The molecule has 8 heteroatoms. The van der Waals surface area contributed by atoms with Gasteiger partial charge in [0.05, 0.1) is 19.9 Å². The molecule has 168 valence electrons. The van der Waals surface area contributed by atoms with Gasteiger partial charge in [0.2, 0.25) is 0 Å². The van der Waals surface area contributed by atoms with E-state index in [1.165, 1.54) is 5.56 Å². The van der Waals surface area contributed by atoms with E-state index < -0.39 is 5.60 Å². The van der Waals surface area contributed by atoms with Crippen molar-refractivity contribution < 1.29 is 14.3 Å². The van der Waals surface area contributed by atoms with Crippen molar-refractivity contribution in [2.45, 2.75) is 25.4 Å². The summed E-state index contributed by atoms with van der Waals surface area (Å²) in [6.45, 7) is 3.46. The molecule has 0 amide bonds. The Morgan fingerprint density at radius 1 is 1.13 bits per heavy atom. The molecule has 0 aliphatic carbocycles. The molecule has 0 radical (unpaired) electrons. The van der Waals surface area contributed by atoms with E-state index in [4.69, 9.17) is 9.15 Å². The van der Waals surface area contributed by atoms with Crippen LogP contribution in [-0.2, 0) is 18.4 Å². The van der Waals surface area contributed by atoms with Gasteiger partial charge < -0.3 is 24.9 Å². The maximum Gasteiger partial charge on any atom is 0.191 e. The monoisotopic (exact) mass is 555 g/mol. The zero-order valence-corrected chi connectivity index (χ0v) is 21.0. The summed E-state index contributed by atoms with van der Waals surface area (Å²) in [5.41, 5.74) is 1.08. The molecule has 1 unspecified atom stereocenters. The molecule has 3 N–H and O–H groups in total. The van der Waals surface area contributed by atoms with Gasteiger partial charge in [-0.3, -0.25) is 0 Å². The number of nitrogens with zero attached hydrogens (tertiary/aromatic N) is 1. The molecule has 2 heterocycles. The SMILES string of the molecule is COc1ccc(CCNC(=NCC(C)(O)c2ccsc2)NCCc2ccco2)cc1.I. The number of nitrogens with one attached hydrogen (secondary N) is 2. The van der Waals surface area contributed by atoms with Crippen LogP contribution in [0, 0.1) is 0 Å². The fourth-order valence-electron chi connectivity index (χ4n) is 2.95. The third-order valence-electron chi connectivity index (χ3n) is 4.80. The third-order valence-corrected chi connectivity index (χ3v) is 5.48. The Balaban J connectivity index is 0.00000341. The molecule has 3 aromatic rings. The lowest BCUT2D eigenvalue weighted by atomic mass is 10.00. The number of guanidine groups is 1. The topological polar surface area (TPSA) is 79.0 Å². The van der Waals surface area contributed by atoms with Crippen molar-refractivity contribution >= 4 is 41.3 Å². The fraction of sp³-hybridized carbons (Fsp3) is 0.348. The van der Waals surface area contributed by atoms with Crippen LogP contribution in [0.5, 0.6) is 5.75 Å². The lowest BCUT2D eigenvalue weighted by Gasteiger charge is -2.21. The van der Waals surface area contributed by atoms with Crippen molar-refractivity contribution in [3.8, 4) is 5.75 Å². The van der Waals surface area contributed by atoms with E-state index in [1.54, 1.807) is 31.6 Å². The molecular weight excluding hydrogens is 525 g/mol. The van der Waals surface area contributed by atoms with Gasteiger partial charge in [-0.15, -0.1) is 24.0 Å². The molecule has 1 atom stereocenters. The number of halogens is 1. The van der Waals surface area contributed by atoms with Crippen LogP contribution in [0.2, 0.25) is 0 Å². The summed E-state index contributed by atoms with van der Waals surface area (Å²) in [6.07, 6.45) is 3.28. The molecule has 0 saturated carbocycles. The number of thiophene rings is 1. The van der Waals surface area contributed by atoms with Gasteiger partial charge in [-0.05, 0) is 65.6 Å². The first-order valence-electron chi connectivity index (χ1n) is 9.99. The summed E-state index contributed by atoms with van der Waals surface area (Å²) in [7, 11) is 1.67. The van der Waals surface area contributed by atoms with Crippen molar-refractivity contribution in [1.82, 2.24) is 10.6 Å². The van der Waals surface area contributed by atoms with E-state index >= 15 is 0 Å². The van der Waals surface area contributed by atoms with Gasteiger partial charge in [0.1, 0.15) is 17.1 Å². The molecule has 6 nitrogen and oxygen atoms in total. The zero-order valence-electron chi connectivity index (χ0n) is 17.8. The van der Waals surface area contributed by atoms with Gasteiger partial charge in [-0.2, -0.15) is 11.3 Å². The van der Waals surface area contributed by atoms with Gasteiger partial charge in [-0.1, -0.05) is 12.1 Å². The van der Waals surface area contributed by atoms with Crippen LogP contribution in [0.3, 0.4) is 0 Å². The second-order valence-electron chi connectivity index (χ2n) is 7.23. The summed E-state index contributed by atoms with van der Waals surface area (Å²) in [6, 6.07) is 13.8. The minimum atomic E-state index is -1.01. The van der Waals surface area contributed by atoms with Crippen LogP contribution in [0.1, 0.15) is 23.8 Å². The van der Waals surface area contributed by atoms with Crippen molar-refractivity contribution in [1.29, 1.82) is 0 Å². The predicted molar refractivity (Wildman–Crippen MR) is 137 cm³/mol. The number of aliphatic imine (C=N–C) groups is 1. The number of aliphatic hydroxyl groups is 1. The highest BCUT2D eigenvalue weighted by Crippen LogP contribution is 2.23. The van der Waals surface area contributed by atoms with Crippen LogP contribution >= 0.6 is 35.3 Å². The van der Waals surface area contributed by atoms with E-state index in [9.17, 15) is 5.11 Å². The number of benzene rings is 1. The number of methoxy groups -OCH3 is 1. The number of furan rings is 1. The Bertz CT molecular complexity index is 895. The van der Waals surface area contributed by atoms with E-state index in [0.717, 1.165) is 36.5 Å². The lowest BCUT2D eigenvalue weighted by molar-refractivity contribution is 0.0677. The average molecular weight is 555 g/mol. The maximum atomic E-state index is 10.8. The average Bonchev–Trinajstić information content (AvgIpc) is 3.47. The second-order valence-corrected chi connectivity index (χ2v) is 8.01. The zero-order chi connectivity index (χ0) is 21.2. The second kappa shape index (κ2) is 12.7. The quantitative estimate of drug-likeness (QED) is 0.199. The smallest absolute Gasteiger partial charge is 0.191 e. The Hall–Kier alpha value is -2.04. The summed E-state index contributed by atoms with van der Waals surface area (Å²) < 4.78 is 10.6. The van der Waals surface area contributed by atoms with Crippen LogP contribution in [0.25, 0.3) is 0 Å². The third kappa shape index (κ3) is 8.19. The Morgan fingerprint density at radius 3 is 2.48 bits per heavy atom. The van der Waals surface area contributed by atoms with E-state index in [0.29, 0.717) is 12.5 Å². The number of hydrogen-bond acceptors (Lipinski definition) is 5. The van der Waals surface area contributed by atoms with Gasteiger partial charge in [0.15, 0.2) is 5.96 Å². The molecule has 0 spiro atoms. The predicted octanol–water partition coefficient (Wildman–Crippen LogP) is 4.20. The number of rotatable bonds is 10. The highest BCUT2D eigenvalue weighted by molar-refractivity contribution is 14.0. The Kier molecular flexibility index (Phi) is 10.4. The van der Waals surface area contributed by atoms with E-state index in [2.05, 4.69) is 27.8 Å². The van der Waals surface area contributed by atoms with Crippen LogP contribution in [0.15, 0.2) is 68.9 Å². The minimum Gasteiger partial charge on any atom is -0.497 e. The normalized spacial score (nSPS) is 13.2. The minimum absolute atomic E-state index is 0. The van der Waals surface area contributed by atoms with Crippen LogP contribution in [0.4, 0.5) is 0 Å². The van der Waals surface area contributed by atoms with Crippen molar-refractivity contribution in [3.05, 3.63) is 76.4 Å². The summed E-state index contributed by atoms with van der Waals surface area (Å²) in [5.74, 6) is 2.44. The molecule has 0 aliphatic heterocycles. The van der Waals surface area contributed by atoms with Crippen molar-refractivity contribution in [2.24, 2.45) is 4.99 Å². The molecule has 31 heavy (non-hydrogen) atoms. The molecule has 0 saturated heterocycles. The van der Waals surface area contributed by atoms with Gasteiger partial charge in [0, 0.05) is 19.5 Å². The molecule has 1 aromatic carbocycles. The summed E-state index contributed by atoms with van der Waals surface area (Å²) in [4.78, 5) is 4.63. The lowest BCUT2D eigenvalue weighted by Crippen LogP contribution is -2.40. The molecule has 0 fully saturated rings. The Labute approximate surface area is 204 Å². The molecule has 0 bridgehead atoms. The van der Waals surface area contributed by atoms with Gasteiger partial charge >= 0.3 is 0 Å². The fourth-order valence-corrected chi connectivity index (χ4v) is 3.73. The van der Waals surface area contributed by atoms with Crippen LogP contribution < -0.4 is 15.4 Å². The maximum absolute atomic E-state index is 10.8. The van der Waals surface area contributed by atoms with E-state index in [1.807, 2.05) is 41.1 Å². The number of ether oxygens (including phenoxy) is 1. The van der Waals surface area contributed by atoms with Gasteiger partial charge in [-0.25, -0.2) is 4.99 Å². The highest BCUT2D eigenvalue weighted by Gasteiger charge is 2.23. The first-order chi connectivity index (χ1) is 14.6. The molecular formula is C23H30IN3O3S. The summed E-state index contributed by atoms with van der Waals surface area (Å²) >= 11 is 1.57. The first-order valence-corrected chi connectivity index (χ1v) is 10.9. The van der Waals surface area contributed by atoms with E-state index in [-0.39, 0.29) is 30.5 Å². The molecule has 0 aliphatic rings. The van der Waals surface area contributed by atoms with Crippen LogP contribution in [-0.4, -0.2) is 37.8 Å². The standard InChI is InChI=1S/C23H29N3O3S.HI/c1-23(27,19-11-15-30-16-19)17-26-22(25-13-10-21-4-3-14-29-21)24-12-9-18-5-7-20(28-2)8-6-18;/h3-8,11,14-16,27H,9-10,12-13,17H2,1-2H3,(H2,24,25,26);1H. The molecule has 2 aromatic heterocycles. The largest absolute Gasteiger partial charge is 0.497 e. The number of hydrogen-bond donors (Lipinski definition) is 3. The van der Waals surface area contributed by atoms with Crippen molar-refractivity contribution in [3.63, 3.8) is 0 Å². The summed E-state index contributed by atoms with van der Waals surface area (Å²) in [5, 5.41) is 21.4. The van der Waals surface area contributed by atoms with Gasteiger partial charge in [0.25, 0.3) is 0 Å². The molecule has 3 rings (SSSR count). The Morgan fingerprint density at radius 2 is 1.87 bits per heavy atom.